The van der Waals surface area contributed by atoms with Gasteiger partial charge in [-0.3, -0.25) is 9.48 Å². The first kappa shape index (κ1) is 21.6. The van der Waals surface area contributed by atoms with Gasteiger partial charge in [0.15, 0.2) is 5.78 Å². The lowest BCUT2D eigenvalue weighted by molar-refractivity contribution is -0.168. The molecular formula is C19H20F4N2O3. The van der Waals surface area contributed by atoms with Crippen LogP contribution in [0, 0.1) is 0 Å². The molecule has 9 heteroatoms. The monoisotopic (exact) mass is 400 g/mol. The number of ether oxygens (including phenoxy) is 2. The number of aryl methyl sites for hydroxylation is 1. The molecule has 0 aliphatic heterocycles. The maximum Gasteiger partial charge on any atom is 0.330 e. The molecule has 0 unspecified atom stereocenters. The van der Waals surface area contributed by atoms with Crippen molar-refractivity contribution in [2.75, 3.05) is 13.7 Å². The summed E-state index contributed by atoms with van der Waals surface area (Å²) in [5.74, 6) is -4.11. The highest BCUT2D eigenvalue weighted by atomic mass is 19.3. The minimum Gasteiger partial charge on any atom is -0.496 e. The van der Waals surface area contributed by atoms with Gasteiger partial charge in [-0.15, -0.1) is 0 Å². The molecule has 0 atom stereocenters. The molecule has 0 saturated heterocycles. The number of alkyl halides is 4. The van der Waals surface area contributed by atoms with Gasteiger partial charge in [0, 0.05) is 18.3 Å². The average molecular weight is 400 g/mol. The van der Waals surface area contributed by atoms with E-state index in [-0.39, 0.29) is 12.4 Å². The lowest BCUT2D eigenvalue weighted by atomic mass is 10.1. The highest BCUT2D eigenvalue weighted by Crippen LogP contribution is 2.26. The fraction of sp³-hybridized carbons (Fsp3) is 0.368. The molecular weight excluding hydrogens is 380 g/mol. The normalized spacial score (nSPS) is 12.1. The first-order valence-electron chi connectivity index (χ1n) is 8.42. The van der Waals surface area contributed by atoms with Crippen LogP contribution in [0.4, 0.5) is 17.6 Å². The highest BCUT2D eigenvalue weighted by Gasteiger charge is 2.40. The van der Waals surface area contributed by atoms with E-state index in [1.165, 1.54) is 19.4 Å². The Morgan fingerprint density at radius 1 is 1.36 bits per heavy atom. The predicted molar refractivity (Wildman–Crippen MR) is 94.9 cm³/mol. The Labute approximate surface area is 159 Å². The number of hydrogen-bond donors (Lipinski definition) is 0. The van der Waals surface area contributed by atoms with Gasteiger partial charge in [0.25, 0.3) is 0 Å². The Bertz CT molecular complexity index is 834. The number of methoxy groups -OCH3 is 1. The molecule has 0 radical (unpaired) electrons. The number of nitrogens with zero attached hydrogens (tertiary/aromatic N) is 2. The number of allylic oxidation sites excluding steroid dienone is 1. The van der Waals surface area contributed by atoms with Crippen LogP contribution in [0.1, 0.15) is 28.4 Å². The molecule has 0 aliphatic carbocycles. The van der Waals surface area contributed by atoms with Gasteiger partial charge >= 0.3 is 12.3 Å². The summed E-state index contributed by atoms with van der Waals surface area (Å²) in [5, 5.41) is 4.03. The fourth-order valence-corrected chi connectivity index (χ4v) is 2.31. The first-order valence-corrected chi connectivity index (χ1v) is 8.42. The molecule has 1 aromatic heterocycles. The fourth-order valence-electron chi connectivity index (χ4n) is 2.31. The third-order valence-corrected chi connectivity index (χ3v) is 3.84. The van der Waals surface area contributed by atoms with Crippen molar-refractivity contribution < 1.29 is 31.8 Å². The van der Waals surface area contributed by atoms with E-state index in [2.05, 4.69) is 5.10 Å². The van der Waals surface area contributed by atoms with E-state index < -0.39 is 19.0 Å². The van der Waals surface area contributed by atoms with Crippen molar-refractivity contribution in [2.24, 2.45) is 0 Å². The van der Waals surface area contributed by atoms with Crippen LogP contribution in [0.3, 0.4) is 0 Å². The Hall–Kier alpha value is -2.68. The summed E-state index contributed by atoms with van der Waals surface area (Å²) in [4.78, 5) is 12.2. The minimum atomic E-state index is -4.22. The summed E-state index contributed by atoms with van der Waals surface area (Å²) >= 11 is 0. The van der Waals surface area contributed by atoms with Gasteiger partial charge in [-0.2, -0.15) is 13.9 Å². The number of hydrogen-bond acceptors (Lipinski definition) is 4. The predicted octanol–water partition coefficient (Wildman–Crippen LogP) is 4.22. The molecule has 0 fully saturated rings. The van der Waals surface area contributed by atoms with Crippen molar-refractivity contribution >= 4 is 11.9 Å². The highest BCUT2D eigenvalue weighted by molar-refractivity contribution is 6.06. The molecule has 1 aromatic carbocycles. The summed E-state index contributed by atoms with van der Waals surface area (Å²) in [6.07, 6.45) is 2.19. The van der Waals surface area contributed by atoms with Crippen LogP contribution in [-0.2, 0) is 17.9 Å². The Morgan fingerprint density at radius 3 is 2.71 bits per heavy atom. The van der Waals surface area contributed by atoms with E-state index in [0.29, 0.717) is 29.0 Å². The molecule has 2 aromatic rings. The van der Waals surface area contributed by atoms with E-state index in [9.17, 15) is 22.4 Å². The van der Waals surface area contributed by atoms with Crippen LogP contribution in [0.2, 0.25) is 0 Å². The lowest BCUT2D eigenvalue weighted by Gasteiger charge is -2.16. The van der Waals surface area contributed by atoms with E-state index in [0.717, 1.165) is 0 Å². The van der Waals surface area contributed by atoms with Crippen LogP contribution >= 0.6 is 0 Å². The van der Waals surface area contributed by atoms with E-state index in [1.54, 1.807) is 35.2 Å². The van der Waals surface area contributed by atoms with Crippen LogP contribution in [0.15, 0.2) is 36.7 Å². The summed E-state index contributed by atoms with van der Waals surface area (Å²) in [7, 11) is 1.39. The molecule has 2 rings (SSSR count). The molecule has 28 heavy (non-hydrogen) atoms. The topological polar surface area (TPSA) is 53.4 Å². The zero-order valence-corrected chi connectivity index (χ0v) is 15.4. The standard InChI is InChI=1S/C19H20F4N2O3/c1-3-25-10-15(9-24-25)16(26)6-4-13-5-7-17(27-2)14(8-13)11-28-12-19(22,23)18(20)21/h4-10,18H,3,11-12H2,1-2H3/b6-4+. The van der Waals surface area contributed by atoms with Gasteiger partial charge in [0.05, 0.1) is 25.5 Å². The maximum absolute atomic E-state index is 12.9. The molecule has 0 spiro atoms. The number of aromatic nitrogens is 2. The van der Waals surface area contributed by atoms with Crippen molar-refractivity contribution in [1.82, 2.24) is 9.78 Å². The number of carbonyl (C=O) groups is 1. The van der Waals surface area contributed by atoms with Crippen molar-refractivity contribution in [3.63, 3.8) is 0 Å². The number of rotatable bonds is 10. The summed E-state index contributed by atoms with van der Waals surface area (Å²) in [6.45, 7) is 0.789. The Balaban J connectivity index is 2.07. The van der Waals surface area contributed by atoms with Crippen molar-refractivity contribution in [1.29, 1.82) is 0 Å². The zero-order valence-electron chi connectivity index (χ0n) is 15.4. The van der Waals surface area contributed by atoms with Crippen LogP contribution < -0.4 is 4.74 Å². The van der Waals surface area contributed by atoms with Crippen LogP contribution in [-0.4, -0.2) is 41.6 Å². The summed E-state index contributed by atoms with van der Waals surface area (Å²) in [5.41, 5.74) is 1.42. The maximum atomic E-state index is 12.9. The number of benzene rings is 1. The largest absolute Gasteiger partial charge is 0.496 e. The number of halogens is 4. The van der Waals surface area contributed by atoms with Gasteiger partial charge in [-0.25, -0.2) is 8.78 Å². The second-order valence-corrected chi connectivity index (χ2v) is 5.91. The quantitative estimate of drug-likeness (QED) is 0.340. The molecule has 1 heterocycles. The molecule has 152 valence electrons. The average Bonchev–Trinajstić information content (AvgIpc) is 3.15. The second-order valence-electron chi connectivity index (χ2n) is 5.91. The van der Waals surface area contributed by atoms with Gasteiger partial charge < -0.3 is 9.47 Å². The van der Waals surface area contributed by atoms with Crippen LogP contribution in [0.25, 0.3) is 6.08 Å². The van der Waals surface area contributed by atoms with Crippen molar-refractivity contribution in [3.05, 3.63) is 53.4 Å². The molecule has 0 bridgehead atoms. The van der Waals surface area contributed by atoms with Crippen molar-refractivity contribution in [3.8, 4) is 5.75 Å². The molecule has 0 saturated carbocycles. The molecule has 0 aliphatic rings. The molecule has 5 nitrogen and oxygen atoms in total. The third kappa shape index (κ3) is 5.66. The van der Waals surface area contributed by atoms with Gasteiger partial charge in [0.2, 0.25) is 0 Å². The smallest absolute Gasteiger partial charge is 0.330 e. The summed E-state index contributed by atoms with van der Waals surface area (Å²) < 4.78 is 61.8. The zero-order chi connectivity index (χ0) is 20.7. The summed E-state index contributed by atoms with van der Waals surface area (Å²) in [6, 6.07) is 4.80. The van der Waals surface area contributed by atoms with Gasteiger partial charge in [-0.05, 0) is 30.7 Å². The first-order chi connectivity index (χ1) is 13.3. The molecule has 0 amide bonds. The lowest BCUT2D eigenvalue weighted by Crippen LogP contribution is -2.32. The minimum absolute atomic E-state index is 0.245. The third-order valence-electron chi connectivity index (χ3n) is 3.84. The van der Waals surface area contributed by atoms with Crippen LogP contribution in [0.5, 0.6) is 5.75 Å². The van der Waals surface area contributed by atoms with Gasteiger partial charge in [0.1, 0.15) is 12.4 Å². The Kier molecular flexibility index (Phi) is 7.33. The number of ketones is 1. The van der Waals surface area contributed by atoms with E-state index >= 15 is 0 Å². The van der Waals surface area contributed by atoms with Gasteiger partial charge in [-0.1, -0.05) is 12.1 Å². The molecule has 0 N–H and O–H groups in total. The SMILES string of the molecule is CCn1cc(C(=O)/C=C/c2ccc(OC)c(COCC(F)(F)C(F)F)c2)cn1. The second kappa shape index (κ2) is 9.50. The Morgan fingerprint density at radius 2 is 2.11 bits per heavy atom. The van der Waals surface area contributed by atoms with E-state index in [4.69, 9.17) is 9.47 Å². The van der Waals surface area contributed by atoms with E-state index in [1.807, 2.05) is 6.92 Å². The number of carbonyl (C=O) groups excluding carboxylic acids is 1. The van der Waals surface area contributed by atoms with Crippen molar-refractivity contribution in [2.45, 2.75) is 32.4 Å².